The zero-order valence-electron chi connectivity index (χ0n) is 32.9. The Kier molecular flexibility index (Phi) is 22.2. The second-order valence-electron chi connectivity index (χ2n) is 13.8. The van der Waals surface area contributed by atoms with E-state index < -0.39 is 138 Å². The SMILES string of the molecule is N[C@@H](CNC(=O)CCOCCOCCNC(=O)CCS(=O)(=O)c1c(F)c(F)c(S(N)(=O)=O)c(F)c1NC1CCCCCCC1)C(=O)N[C@@H](CC(=O)O)C(=O)N[C@@H](CS)C(=O)O. The number of sulfonamides is 1. The summed E-state index contributed by atoms with van der Waals surface area (Å²) in [5.74, 6) is -14.2. The molecule has 346 valence electrons. The zero-order valence-corrected chi connectivity index (χ0v) is 35.4. The number of carbonyl (C=O) groups is 6. The molecule has 0 heterocycles. The molecule has 0 aromatic heterocycles. The number of thiol groups is 1. The summed E-state index contributed by atoms with van der Waals surface area (Å²) in [6.45, 7) is -0.736. The third-order valence-corrected chi connectivity index (χ3v) is 12.0. The van der Waals surface area contributed by atoms with Crippen LogP contribution in [0, 0.1) is 17.5 Å². The number of ether oxygens (including phenoxy) is 2. The summed E-state index contributed by atoms with van der Waals surface area (Å²) < 4.78 is 107. The van der Waals surface area contributed by atoms with Gasteiger partial charge in [-0.1, -0.05) is 32.1 Å². The fourth-order valence-electron chi connectivity index (χ4n) is 5.79. The van der Waals surface area contributed by atoms with E-state index in [2.05, 4.69) is 33.9 Å². The molecule has 11 N–H and O–H groups in total. The molecule has 1 aromatic carbocycles. The predicted octanol–water partition coefficient (Wildman–Crippen LogP) is -1.12. The van der Waals surface area contributed by atoms with Gasteiger partial charge in [-0.05, 0) is 12.8 Å². The highest BCUT2D eigenvalue weighted by Crippen LogP contribution is 2.37. The highest BCUT2D eigenvalue weighted by molar-refractivity contribution is 7.91. The van der Waals surface area contributed by atoms with Gasteiger partial charge >= 0.3 is 11.9 Å². The maximum Gasteiger partial charge on any atom is 0.327 e. The van der Waals surface area contributed by atoms with Crippen LogP contribution in [0.4, 0.5) is 18.9 Å². The van der Waals surface area contributed by atoms with Crippen LogP contribution in [0.5, 0.6) is 0 Å². The number of amides is 4. The molecule has 2 rings (SSSR count). The van der Waals surface area contributed by atoms with Gasteiger partial charge < -0.3 is 52.0 Å². The fourth-order valence-corrected chi connectivity index (χ4v) is 8.21. The highest BCUT2D eigenvalue weighted by atomic mass is 32.2. The van der Waals surface area contributed by atoms with E-state index in [1.165, 1.54) is 0 Å². The molecule has 21 nitrogen and oxygen atoms in total. The lowest BCUT2D eigenvalue weighted by molar-refractivity contribution is -0.143. The van der Waals surface area contributed by atoms with Crippen LogP contribution >= 0.6 is 12.6 Å². The number of carbonyl (C=O) groups excluding carboxylic acids is 4. The standard InChI is InChI=1S/C34H52F3N7O14S3/c35-26-27(36)31(29(28(37)30(26)61(39,55)56)42-19-6-4-2-1-3-5-7-19)60(53,54)15-9-24(46)40-10-12-58-14-13-57-11-8-23(45)41-17-20(38)32(49)43-21(16-25(47)48)33(50)44-22(18-59)34(51)52/h19-22,42,59H,1-18,38H2,(H,40,46)(H,41,45)(H,43,49)(H,44,50)(H,47,48)(H,51,52)(H2,39,55,56)/t20-,21-,22-/m0/s1. The van der Waals surface area contributed by atoms with Crippen molar-refractivity contribution in [3.05, 3.63) is 17.5 Å². The first kappa shape index (κ1) is 52.9. The van der Waals surface area contributed by atoms with Crippen molar-refractivity contribution in [1.82, 2.24) is 21.3 Å². The van der Waals surface area contributed by atoms with E-state index >= 15 is 8.78 Å². The summed E-state index contributed by atoms with van der Waals surface area (Å²) in [5.41, 5.74) is 4.66. The number of carboxylic acids is 2. The predicted molar refractivity (Wildman–Crippen MR) is 212 cm³/mol. The lowest BCUT2D eigenvalue weighted by Gasteiger charge is -2.25. The summed E-state index contributed by atoms with van der Waals surface area (Å²) in [4.78, 5) is 68.4. The van der Waals surface area contributed by atoms with Crippen LogP contribution in [0.2, 0.25) is 0 Å². The van der Waals surface area contributed by atoms with Crippen molar-refractivity contribution < 1.29 is 78.5 Å². The lowest BCUT2D eigenvalue weighted by Crippen LogP contribution is -2.57. The first-order chi connectivity index (χ1) is 28.6. The van der Waals surface area contributed by atoms with Crippen molar-refractivity contribution in [1.29, 1.82) is 0 Å². The molecule has 1 aliphatic rings. The average molecular weight is 936 g/mol. The summed E-state index contributed by atoms with van der Waals surface area (Å²) >= 11 is 3.79. The van der Waals surface area contributed by atoms with Crippen molar-refractivity contribution >= 4 is 73.7 Å². The molecule has 1 aliphatic carbocycles. The maximum atomic E-state index is 15.6. The molecule has 0 bridgehead atoms. The van der Waals surface area contributed by atoms with Gasteiger partial charge in [0.05, 0.1) is 44.3 Å². The van der Waals surface area contributed by atoms with Gasteiger partial charge in [-0.15, -0.1) is 0 Å². The minimum Gasteiger partial charge on any atom is -0.481 e. The Morgan fingerprint density at radius 3 is 1.89 bits per heavy atom. The van der Waals surface area contributed by atoms with E-state index in [9.17, 15) is 50.0 Å². The van der Waals surface area contributed by atoms with Crippen molar-refractivity contribution in [2.45, 2.75) is 98.2 Å². The molecule has 0 spiro atoms. The fraction of sp³-hybridized carbons (Fsp3) is 0.647. The normalized spacial score (nSPS) is 15.3. The molecule has 4 amide bonds. The van der Waals surface area contributed by atoms with Crippen LogP contribution in [0.25, 0.3) is 0 Å². The lowest BCUT2D eigenvalue weighted by atomic mass is 9.96. The van der Waals surface area contributed by atoms with E-state index in [0.29, 0.717) is 25.7 Å². The van der Waals surface area contributed by atoms with Crippen LogP contribution in [0.1, 0.15) is 64.2 Å². The second-order valence-corrected chi connectivity index (χ2v) is 17.7. The van der Waals surface area contributed by atoms with Gasteiger partial charge in [0, 0.05) is 37.7 Å². The number of primary sulfonamides is 1. The third kappa shape index (κ3) is 17.9. The van der Waals surface area contributed by atoms with Gasteiger partial charge in [0.25, 0.3) is 0 Å². The van der Waals surface area contributed by atoms with E-state index in [4.69, 9.17) is 30.6 Å². The van der Waals surface area contributed by atoms with Gasteiger partial charge in [0.2, 0.25) is 33.7 Å². The molecule has 1 saturated carbocycles. The summed E-state index contributed by atoms with van der Waals surface area (Å²) in [5, 5.41) is 34.5. The second kappa shape index (κ2) is 25.6. The zero-order chi connectivity index (χ0) is 45.9. The van der Waals surface area contributed by atoms with Gasteiger partial charge in [0.15, 0.2) is 32.2 Å². The number of anilines is 1. The Hall–Kier alpha value is -4.28. The van der Waals surface area contributed by atoms with Crippen molar-refractivity contribution in [2.24, 2.45) is 10.9 Å². The molecular weight excluding hydrogens is 884 g/mol. The van der Waals surface area contributed by atoms with Crippen LogP contribution in [0.15, 0.2) is 9.79 Å². The van der Waals surface area contributed by atoms with E-state index in [0.717, 1.165) is 19.3 Å². The van der Waals surface area contributed by atoms with Crippen molar-refractivity contribution in [3.63, 3.8) is 0 Å². The van der Waals surface area contributed by atoms with Gasteiger partial charge in [-0.3, -0.25) is 24.0 Å². The number of carboxylic acid groups (broad SMARTS) is 2. The number of hydrogen-bond donors (Lipinski definition) is 10. The first-order valence-electron chi connectivity index (χ1n) is 18.9. The van der Waals surface area contributed by atoms with Gasteiger partial charge in [-0.2, -0.15) is 12.6 Å². The molecule has 0 unspecified atom stereocenters. The van der Waals surface area contributed by atoms with Crippen LogP contribution < -0.4 is 37.5 Å². The monoisotopic (exact) mass is 935 g/mol. The van der Waals surface area contributed by atoms with Crippen LogP contribution in [-0.2, 0) is 58.1 Å². The van der Waals surface area contributed by atoms with Crippen LogP contribution in [0.3, 0.4) is 0 Å². The van der Waals surface area contributed by atoms with E-state index in [1.807, 2.05) is 5.32 Å². The first-order valence-corrected chi connectivity index (χ1v) is 22.8. The van der Waals surface area contributed by atoms with Gasteiger partial charge in [0.1, 0.15) is 23.0 Å². The van der Waals surface area contributed by atoms with Crippen molar-refractivity contribution in [3.8, 4) is 0 Å². The van der Waals surface area contributed by atoms with Gasteiger partial charge in [-0.25, -0.2) is 39.9 Å². The summed E-state index contributed by atoms with van der Waals surface area (Å²) in [6, 6.07) is -5.14. The molecule has 0 saturated heterocycles. The molecule has 27 heteroatoms. The summed E-state index contributed by atoms with van der Waals surface area (Å²) in [6.07, 6.45) is 2.94. The number of rotatable bonds is 26. The van der Waals surface area contributed by atoms with Crippen LogP contribution in [-0.4, -0.2) is 138 Å². The largest absolute Gasteiger partial charge is 0.481 e. The Bertz CT molecular complexity index is 1940. The maximum absolute atomic E-state index is 15.6. The number of sulfone groups is 1. The molecule has 61 heavy (non-hydrogen) atoms. The number of nitrogens with two attached hydrogens (primary N) is 2. The smallest absolute Gasteiger partial charge is 0.327 e. The molecular formula is C34H52F3N7O14S3. The quantitative estimate of drug-likeness (QED) is 0.0299. The molecule has 0 radical (unpaired) electrons. The molecule has 1 fully saturated rings. The Labute approximate surface area is 355 Å². The highest BCUT2D eigenvalue weighted by Gasteiger charge is 2.37. The number of nitrogens with one attached hydrogen (secondary N) is 5. The minimum absolute atomic E-state index is 0.00903. The van der Waals surface area contributed by atoms with E-state index in [-0.39, 0.29) is 45.1 Å². The Morgan fingerprint density at radius 2 is 1.31 bits per heavy atom. The number of halogens is 3. The number of aliphatic carboxylic acids is 2. The third-order valence-electron chi connectivity index (χ3n) is 8.96. The molecule has 3 atom stereocenters. The molecule has 1 aromatic rings. The Morgan fingerprint density at radius 1 is 0.754 bits per heavy atom. The number of hydrogen-bond acceptors (Lipinski definition) is 15. The Balaban J connectivity index is 1.77. The summed E-state index contributed by atoms with van der Waals surface area (Å²) in [7, 11) is -10.1. The number of benzene rings is 1. The van der Waals surface area contributed by atoms with Crippen molar-refractivity contribution in [2.75, 3.05) is 56.3 Å². The average Bonchev–Trinajstić information content (AvgIpc) is 3.16. The topological polar surface area (TPSA) is 342 Å². The minimum atomic E-state index is -5.17. The molecule has 0 aliphatic heterocycles. The van der Waals surface area contributed by atoms with E-state index in [1.54, 1.807) is 0 Å².